The maximum atomic E-state index is 11.7. The number of nitrogens with two attached hydrogens (primary N) is 1. The molecule has 0 radical (unpaired) electrons. The molecule has 0 amide bonds. The van der Waals surface area contributed by atoms with E-state index < -0.39 is 10.0 Å². The third kappa shape index (κ3) is 2.77. The summed E-state index contributed by atoms with van der Waals surface area (Å²) in [6.07, 6.45) is 0. The molecular weight excluding hydrogens is 212 g/mol. The largest absolute Gasteiger partial charge is 0.326 e. The molecule has 0 bridgehead atoms. The quantitative estimate of drug-likeness (QED) is 0.799. The van der Waals surface area contributed by atoms with Gasteiger partial charge in [-0.2, -0.15) is 0 Å². The molecule has 0 aliphatic heterocycles. The smallest absolute Gasteiger partial charge is 0.240 e. The minimum absolute atomic E-state index is 0.321. The van der Waals surface area contributed by atoms with Gasteiger partial charge in [0.25, 0.3) is 0 Å². The van der Waals surface area contributed by atoms with Crippen LogP contribution in [0.25, 0.3) is 0 Å². The molecule has 0 heterocycles. The van der Waals surface area contributed by atoms with Crippen molar-refractivity contribution in [2.45, 2.75) is 25.3 Å². The summed E-state index contributed by atoms with van der Waals surface area (Å²) in [7, 11) is -3.36. The van der Waals surface area contributed by atoms with E-state index in [1.54, 1.807) is 32.0 Å². The Morgan fingerprint density at radius 2 is 2.07 bits per heavy atom. The van der Waals surface area contributed by atoms with Gasteiger partial charge in [-0.05, 0) is 24.1 Å². The van der Waals surface area contributed by atoms with Crippen LogP contribution in [0.3, 0.4) is 0 Å². The van der Waals surface area contributed by atoms with Crippen molar-refractivity contribution in [2.24, 2.45) is 5.73 Å². The molecule has 0 saturated heterocycles. The molecule has 0 spiro atoms. The van der Waals surface area contributed by atoms with E-state index in [-0.39, 0.29) is 0 Å². The number of nitrogens with one attached hydrogen (secondary N) is 1. The van der Waals surface area contributed by atoms with Crippen molar-refractivity contribution in [1.82, 2.24) is 4.72 Å². The van der Waals surface area contributed by atoms with Gasteiger partial charge in [0.15, 0.2) is 0 Å². The second-order valence-corrected chi connectivity index (χ2v) is 5.04. The average Bonchev–Trinajstić information content (AvgIpc) is 2.17. The van der Waals surface area contributed by atoms with Crippen molar-refractivity contribution in [1.29, 1.82) is 0 Å². The van der Waals surface area contributed by atoms with E-state index in [0.29, 0.717) is 18.0 Å². The van der Waals surface area contributed by atoms with Crippen LogP contribution in [0, 0.1) is 6.92 Å². The van der Waals surface area contributed by atoms with E-state index in [1.165, 1.54) is 0 Å². The normalized spacial score (nSPS) is 11.7. The zero-order chi connectivity index (χ0) is 11.5. The molecule has 0 aliphatic rings. The van der Waals surface area contributed by atoms with Gasteiger partial charge < -0.3 is 5.73 Å². The van der Waals surface area contributed by atoms with Gasteiger partial charge in [0.05, 0.1) is 4.90 Å². The molecule has 0 atom stereocenters. The molecule has 0 unspecified atom stereocenters. The van der Waals surface area contributed by atoms with Crippen LogP contribution >= 0.6 is 0 Å². The van der Waals surface area contributed by atoms with E-state index in [4.69, 9.17) is 5.73 Å². The van der Waals surface area contributed by atoms with Crippen molar-refractivity contribution in [3.8, 4) is 0 Å². The first-order valence-corrected chi connectivity index (χ1v) is 6.29. The highest BCUT2D eigenvalue weighted by Gasteiger charge is 2.14. The fraction of sp³-hybridized carbons (Fsp3) is 0.400. The number of hydrogen-bond donors (Lipinski definition) is 2. The minimum Gasteiger partial charge on any atom is -0.326 e. The van der Waals surface area contributed by atoms with E-state index >= 15 is 0 Å². The molecule has 84 valence electrons. The first kappa shape index (κ1) is 12.2. The fourth-order valence-corrected chi connectivity index (χ4v) is 2.67. The summed E-state index contributed by atoms with van der Waals surface area (Å²) in [5.41, 5.74) is 7.13. The number of aryl methyl sites for hydroxylation is 1. The molecule has 4 nitrogen and oxygen atoms in total. The lowest BCUT2D eigenvalue weighted by atomic mass is 10.1. The molecule has 1 aromatic rings. The lowest BCUT2D eigenvalue weighted by molar-refractivity contribution is 0.583. The molecule has 0 aromatic heterocycles. The molecule has 15 heavy (non-hydrogen) atoms. The van der Waals surface area contributed by atoms with Crippen LogP contribution in [0.15, 0.2) is 23.1 Å². The maximum absolute atomic E-state index is 11.7. The summed E-state index contributed by atoms with van der Waals surface area (Å²) < 4.78 is 25.9. The van der Waals surface area contributed by atoms with Crippen LogP contribution in [0.4, 0.5) is 0 Å². The predicted octanol–water partition coefficient (Wildman–Crippen LogP) is 0.752. The Morgan fingerprint density at radius 1 is 1.40 bits per heavy atom. The fourth-order valence-electron chi connectivity index (χ4n) is 1.41. The van der Waals surface area contributed by atoms with E-state index in [1.807, 2.05) is 0 Å². The Morgan fingerprint density at radius 3 is 2.53 bits per heavy atom. The summed E-state index contributed by atoms with van der Waals surface area (Å²) >= 11 is 0. The highest BCUT2D eigenvalue weighted by molar-refractivity contribution is 7.89. The van der Waals surface area contributed by atoms with Crippen LogP contribution in [-0.2, 0) is 16.6 Å². The van der Waals surface area contributed by atoms with Gasteiger partial charge in [-0.25, -0.2) is 13.1 Å². The number of benzene rings is 1. The third-order valence-corrected chi connectivity index (χ3v) is 3.80. The Labute approximate surface area is 90.5 Å². The zero-order valence-corrected chi connectivity index (χ0v) is 9.76. The van der Waals surface area contributed by atoms with Gasteiger partial charge in [0.2, 0.25) is 10.0 Å². The van der Waals surface area contributed by atoms with Gasteiger partial charge in [0.1, 0.15) is 0 Å². The highest BCUT2D eigenvalue weighted by Crippen LogP contribution is 2.16. The zero-order valence-electron chi connectivity index (χ0n) is 8.95. The molecule has 0 fully saturated rings. The summed E-state index contributed by atoms with van der Waals surface area (Å²) in [6.45, 7) is 4.33. The molecule has 1 aromatic carbocycles. The topological polar surface area (TPSA) is 72.2 Å². The maximum Gasteiger partial charge on any atom is 0.240 e. The lowest BCUT2D eigenvalue weighted by Crippen LogP contribution is -2.24. The van der Waals surface area contributed by atoms with Gasteiger partial charge in [-0.3, -0.25) is 0 Å². The molecule has 5 heteroatoms. The Balaban J connectivity index is 3.16. The minimum atomic E-state index is -3.36. The van der Waals surface area contributed by atoms with Crippen LogP contribution < -0.4 is 10.5 Å². The summed E-state index contributed by atoms with van der Waals surface area (Å²) in [4.78, 5) is 0.321. The van der Waals surface area contributed by atoms with Crippen molar-refractivity contribution in [3.05, 3.63) is 29.3 Å². The van der Waals surface area contributed by atoms with Crippen LogP contribution in [0.5, 0.6) is 0 Å². The van der Waals surface area contributed by atoms with Gasteiger partial charge in [-0.15, -0.1) is 0 Å². The van der Waals surface area contributed by atoms with Crippen molar-refractivity contribution < 1.29 is 8.42 Å². The van der Waals surface area contributed by atoms with E-state index in [0.717, 1.165) is 11.1 Å². The van der Waals surface area contributed by atoms with Gasteiger partial charge in [-0.1, -0.05) is 19.1 Å². The Hall–Kier alpha value is -0.910. The first-order chi connectivity index (χ1) is 7.01. The number of rotatable bonds is 4. The number of hydrogen-bond acceptors (Lipinski definition) is 3. The number of sulfonamides is 1. The predicted molar refractivity (Wildman–Crippen MR) is 59.9 cm³/mol. The molecule has 3 N–H and O–H groups in total. The highest BCUT2D eigenvalue weighted by atomic mass is 32.2. The standard InChI is InChI=1S/C10H16N2O2S/c1-3-12-15(13,14)10-5-4-9(7-11)6-8(10)2/h4-6,12H,3,7,11H2,1-2H3. The second kappa shape index (κ2) is 4.74. The molecule has 0 aliphatic carbocycles. The third-order valence-electron chi connectivity index (χ3n) is 2.10. The lowest BCUT2D eigenvalue weighted by Gasteiger charge is -2.08. The Bertz CT molecular complexity index is 441. The summed E-state index contributed by atoms with van der Waals surface area (Å²) in [5, 5.41) is 0. The van der Waals surface area contributed by atoms with Gasteiger partial charge >= 0.3 is 0 Å². The van der Waals surface area contributed by atoms with Crippen molar-refractivity contribution in [3.63, 3.8) is 0 Å². The van der Waals surface area contributed by atoms with Crippen molar-refractivity contribution >= 4 is 10.0 Å². The average molecular weight is 228 g/mol. The monoisotopic (exact) mass is 228 g/mol. The summed E-state index contributed by atoms with van der Waals surface area (Å²) in [6, 6.07) is 5.12. The van der Waals surface area contributed by atoms with Crippen LogP contribution in [-0.4, -0.2) is 15.0 Å². The molecule has 1 rings (SSSR count). The molecule has 0 saturated carbocycles. The van der Waals surface area contributed by atoms with E-state index in [2.05, 4.69) is 4.72 Å². The molecular formula is C10H16N2O2S. The Kier molecular flexibility index (Phi) is 3.84. The summed E-state index contributed by atoms with van der Waals surface area (Å²) in [5.74, 6) is 0. The van der Waals surface area contributed by atoms with Gasteiger partial charge in [0, 0.05) is 13.1 Å². The second-order valence-electron chi connectivity index (χ2n) is 3.31. The first-order valence-electron chi connectivity index (χ1n) is 4.80. The van der Waals surface area contributed by atoms with Crippen LogP contribution in [0.1, 0.15) is 18.1 Å². The van der Waals surface area contributed by atoms with E-state index in [9.17, 15) is 8.42 Å². The van der Waals surface area contributed by atoms with Crippen molar-refractivity contribution in [2.75, 3.05) is 6.54 Å². The van der Waals surface area contributed by atoms with Crippen LogP contribution in [0.2, 0.25) is 0 Å². The SMILES string of the molecule is CCNS(=O)(=O)c1ccc(CN)cc1C.